The first kappa shape index (κ1) is 20.6. The molecule has 30 heavy (non-hydrogen) atoms. The van der Waals surface area contributed by atoms with Crippen LogP contribution < -0.4 is 4.90 Å². The quantitative estimate of drug-likeness (QED) is 0.312. The van der Waals surface area contributed by atoms with E-state index in [1.165, 1.54) is 11.1 Å². The molecule has 0 saturated carbocycles. The molecule has 1 aromatic heterocycles. The molecule has 3 aromatic carbocycles. The van der Waals surface area contributed by atoms with Gasteiger partial charge in [0.25, 0.3) is 5.91 Å². The van der Waals surface area contributed by atoms with Crippen LogP contribution in [-0.4, -0.2) is 16.6 Å². The number of hydrogen-bond acceptors (Lipinski definition) is 4. The van der Waals surface area contributed by atoms with Crippen LogP contribution in [0.25, 0.3) is 10.2 Å². The Kier molecular flexibility index (Phi) is 6.21. The fraction of sp³-hybridized carbons (Fsp3) is 0.200. The zero-order valence-electron chi connectivity index (χ0n) is 17.4. The van der Waals surface area contributed by atoms with Crippen LogP contribution in [0, 0.1) is 13.8 Å². The van der Waals surface area contributed by atoms with Crippen LogP contribution >= 0.6 is 23.1 Å². The van der Waals surface area contributed by atoms with Gasteiger partial charge in [-0.2, -0.15) is 0 Å². The van der Waals surface area contributed by atoms with Gasteiger partial charge in [-0.1, -0.05) is 66.8 Å². The van der Waals surface area contributed by atoms with Crippen LogP contribution in [-0.2, 0) is 6.54 Å². The monoisotopic (exact) mass is 432 g/mol. The summed E-state index contributed by atoms with van der Waals surface area (Å²) in [6, 6.07) is 22.2. The maximum atomic E-state index is 13.8. The van der Waals surface area contributed by atoms with Crippen LogP contribution in [0.4, 0.5) is 5.13 Å². The number of anilines is 1. The minimum Gasteiger partial charge on any atom is -0.279 e. The number of aromatic nitrogens is 1. The molecule has 0 bridgehead atoms. The highest BCUT2D eigenvalue weighted by molar-refractivity contribution is 7.99. The third kappa shape index (κ3) is 4.13. The number of benzene rings is 3. The number of thioether (sulfide) groups is 1. The molecule has 0 saturated heterocycles. The van der Waals surface area contributed by atoms with Gasteiger partial charge in [0.2, 0.25) is 0 Å². The SMILES string of the molecule is CCSc1ccccc1C(=O)N(Cc1ccccc1)c1nc2c(C)c(C)ccc2s1. The predicted octanol–water partition coefficient (Wildman–Crippen LogP) is 6.87. The van der Waals surface area contributed by atoms with Crippen molar-refractivity contribution in [1.29, 1.82) is 0 Å². The number of aryl methyl sites for hydroxylation is 2. The number of carbonyl (C=O) groups is 1. The van der Waals surface area contributed by atoms with Gasteiger partial charge in [-0.15, -0.1) is 11.8 Å². The largest absolute Gasteiger partial charge is 0.279 e. The van der Waals surface area contributed by atoms with Gasteiger partial charge < -0.3 is 0 Å². The normalized spacial score (nSPS) is 11.0. The van der Waals surface area contributed by atoms with Crippen molar-refractivity contribution in [2.45, 2.75) is 32.2 Å². The van der Waals surface area contributed by atoms with Gasteiger partial charge in [-0.05, 0) is 54.5 Å². The molecule has 0 atom stereocenters. The molecule has 0 radical (unpaired) electrons. The number of carbonyl (C=O) groups excluding carboxylic acids is 1. The molecule has 4 aromatic rings. The molecule has 0 fully saturated rings. The first-order chi connectivity index (χ1) is 14.6. The van der Waals surface area contributed by atoms with Crippen molar-refractivity contribution in [1.82, 2.24) is 4.98 Å². The lowest BCUT2D eigenvalue weighted by Crippen LogP contribution is -2.30. The molecule has 0 aliphatic rings. The second-order valence-corrected chi connectivity index (χ2v) is 9.47. The van der Waals surface area contributed by atoms with Crippen LogP contribution in [0.1, 0.15) is 34.0 Å². The van der Waals surface area contributed by atoms with Crippen LogP contribution in [0.2, 0.25) is 0 Å². The Balaban J connectivity index is 1.81. The molecule has 0 aliphatic heterocycles. The summed E-state index contributed by atoms with van der Waals surface area (Å²) in [5.41, 5.74) is 5.18. The Labute approximate surface area is 185 Å². The molecule has 152 valence electrons. The Morgan fingerprint density at radius 2 is 1.73 bits per heavy atom. The third-order valence-corrected chi connectivity index (χ3v) is 7.15. The van der Waals surface area contributed by atoms with Gasteiger partial charge in [-0.25, -0.2) is 4.98 Å². The van der Waals surface area contributed by atoms with E-state index in [1.807, 2.05) is 47.4 Å². The Morgan fingerprint density at radius 3 is 2.50 bits per heavy atom. The first-order valence-electron chi connectivity index (χ1n) is 10.0. The van der Waals surface area contributed by atoms with Crippen molar-refractivity contribution in [3.8, 4) is 0 Å². The molecule has 0 aliphatic carbocycles. The predicted molar refractivity (Wildman–Crippen MR) is 129 cm³/mol. The van der Waals surface area contributed by atoms with Crippen LogP contribution in [0.5, 0.6) is 0 Å². The second kappa shape index (κ2) is 9.02. The maximum absolute atomic E-state index is 13.8. The minimum absolute atomic E-state index is 0.0103. The summed E-state index contributed by atoms with van der Waals surface area (Å²) < 4.78 is 1.11. The van der Waals surface area contributed by atoms with Crippen molar-refractivity contribution in [3.05, 3.63) is 89.0 Å². The minimum atomic E-state index is -0.0103. The highest BCUT2D eigenvalue weighted by Crippen LogP contribution is 2.34. The van der Waals surface area contributed by atoms with Gasteiger partial charge >= 0.3 is 0 Å². The molecule has 4 rings (SSSR count). The number of amides is 1. The lowest BCUT2D eigenvalue weighted by molar-refractivity contribution is 0.0982. The highest BCUT2D eigenvalue weighted by atomic mass is 32.2. The van der Waals surface area contributed by atoms with E-state index in [1.54, 1.807) is 23.1 Å². The van der Waals surface area contributed by atoms with Crippen molar-refractivity contribution >= 4 is 44.4 Å². The van der Waals surface area contributed by atoms with E-state index in [-0.39, 0.29) is 5.91 Å². The zero-order valence-corrected chi connectivity index (χ0v) is 19.0. The van der Waals surface area contributed by atoms with E-state index in [4.69, 9.17) is 4.98 Å². The third-order valence-electron chi connectivity index (χ3n) is 5.15. The standard InChI is InChI=1S/C25H24N2OS2/c1-4-29-21-13-9-8-12-20(21)24(28)27(16-19-10-6-5-7-11-19)25-26-23-18(3)17(2)14-15-22(23)30-25/h5-15H,4,16H2,1-3H3. The smallest absolute Gasteiger partial charge is 0.261 e. The Morgan fingerprint density at radius 1 is 1.00 bits per heavy atom. The van der Waals surface area contributed by atoms with Crippen molar-refractivity contribution in [3.63, 3.8) is 0 Å². The first-order valence-corrected chi connectivity index (χ1v) is 11.8. The topological polar surface area (TPSA) is 33.2 Å². The van der Waals surface area contributed by atoms with E-state index in [0.29, 0.717) is 6.54 Å². The molecule has 0 N–H and O–H groups in total. The molecule has 3 nitrogen and oxygen atoms in total. The summed E-state index contributed by atoms with van der Waals surface area (Å²) >= 11 is 3.27. The van der Waals surface area contributed by atoms with E-state index in [2.05, 4.69) is 45.0 Å². The van der Waals surface area contributed by atoms with Gasteiger partial charge in [0, 0.05) is 4.90 Å². The average Bonchev–Trinajstić information content (AvgIpc) is 3.20. The molecule has 0 unspecified atom stereocenters. The van der Waals surface area contributed by atoms with Gasteiger partial charge in [0.05, 0.1) is 22.3 Å². The van der Waals surface area contributed by atoms with Gasteiger partial charge in [0.1, 0.15) is 0 Å². The fourth-order valence-corrected chi connectivity index (χ4v) is 5.21. The fourth-order valence-electron chi connectivity index (χ4n) is 3.39. The van der Waals surface area contributed by atoms with Gasteiger partial charge in [-0.3, -0.25) is 9.69 Å². The molecule has 5 heteroatoms. The maximum Gasteiger partial charge on any atom is 0.261 e. The van der Waals surface area contributed by atoms with E-state index >= 15 is 0 Å². The number of hydrogen-bond donors (Lipinski definition) is 0. The number of nitrogens with zero attached hydrogens (tertiary/aromatic N) is 2. The lowest BCUT2D eigenvalue weighted by atomic mass is 10.1. The van der Waals surface area contributed by atoms with Crippen molar-refractivity contribution < 1.29 is 4.79 Å². The van der Waals surface area contributed by atoms with Crippen LogP contribution in [0.3, 0.4) is 0 Å². The molecular weight excluding hydrogens is 408 g/mol. The summed E-state index contributed by atoms with van der Waals surface area (Å²) in [5.74, 6) is 0.909. The number of fused-ring (bicyclic) bond motifs is 1. The lowest BCUT2D eigenvalue weighted by Gasteiger charge is -2.21. The molecular formula is C25H24N2OS2. The average molecular weight is 433 g/mol. The van der Waals surface area contributed by atoms with E-state index in [0.717, 1.165) is 37.1 Å². The van der Waals surface area contributed by atoms with E-state index < -0.39 is 0 Å². The molecule has 0 spiro atoms. The van der Waals surface area contributed by atoms with Crippen molar-refractivity contribution in [2.75, 3.05) is 10.7 Å². The Hall–Kier alpha value is -2.63. The zero-order chi connectivity index (χ0) is 21.1. The number of rotatable bonds is 6. The van der Waals surface area contributed by atoms with Crippen molar-refractivity contribution in [2.24, 2.45) is 0 Å². The summed E-state index contributed by atoms with van der Waals surface area (Å²) in [6.45, 7) is 6.78. The van der Waals surface area contributed by atoms with Crippen LogP contribution in [0.15, 0.2) is 71.6 Å². The summed E-state index contributed by atoms with van der Waals surface area (Å²) in [5, 5.41) is 0.740. The highest BCUT2D eigenvalue weighted by Gasteiger charge is 2.24. The second-order valence-electron chi connectivity index (χ2n) is 7.16. The molecule has 1 heterocycles. The van der Waals surface area contributed by atoms with E-state index in [9.17, 15) is 4.79 Å². The summed E-state index contributed by atoms with van der Waals surface area (Å²) in [7, 11) is 0. The summed E-state index contributed by atoms with van der Waals surface area (Å²) in [6.07, 6.45) is 0. The number of thiazole rings is 1. The summed E-state index contributed by atoms with van der Waals surface area (Å²) in [4.78, 5) is 21.5. The molecule has 1 amide bonds. The van der Waals surface area contributed by atoms with Gasteiger partial charge in [0.15, 0.2) is 5.13 Å². The Bertz CT molecular complexity index is 1180.